The third-order valence-electron chi connectivity index (χ3n) is 3.50. The van der Waals surface area contributed by atoms with E-state index in [1.54, 1.807) is 0 Å². The summed E-state index contributed by atoms with van der Waals surface area (Å²) in [5.74, 6) is 1.01. The van der Waals surface area contributed by atoms with E-state index < -0.39 is 0 Å². The maximum absolute atomic E-state index is 11.8. The first-order chi connectivity index (χ1) is 9.65. The zero-order valence-electron chi connectivity index (χ0n) is 12.0. The zero-order chi connectivity index (χ0) is 14.4. The molecule has 2 N–H and O–H groups in total. The van der Waals surface area contributed by atoms with Crippen LogP contribution in [-0.4, -0.2) is 55.5 Å². The molecular formula is C15H23N3O2. The van der Waals surface area contributed by atoms with Crippen LogP contribution in [0.25, 0.3) is 0 Å². The van der Waals surface area contributed by atoms with Gasteiger partial charge < -0.3 is 15.4 Å². The van der Waals surface area contributed by atoms with Crippen molar-refractivity contribution in [3.05, 3.63) is 24.3 Å². The molecule has 0 bridgehead atoms. The van der Waals surface area contributed by atoms with Gasteiger partial charge >= 0.3 is 0 Å². The predicted octanol–water partition coefficient (Wildman–Crippen LogP) is 1.20. The van der Waals surface area contributed by atoms with Gasteiger partial charge in [0, 0.05) is 38.4 Å². The Morgan fingerprint density at radius 2 is 2.20 bits per heavy atom. The largest absolute Gasteiger partial charge is 0.493 e. The number of rotatable bonds is 5. The highest BCUT2D eigenvalue weighted by molar-refractivity contribution is 5.78. The minimum absolute atomic E-state index is 0.208. The predicted molar refractivity (Wildman–Crippen MR) is 79.7 cm³/mol. The fraction of sp³-hybridized carbons (Fsp3) is 0.533. The number of nitrogens with zero attached hydrogens (tertiary/aromatic N) is 2. The number of hydrogen-bond donors (Lipinski definition) is 1. The van der Waals surface area contributed by atoms with E-state index in [4.69, 9.17) is 10.5 Å². The highest BCUT2D eigenvalue weighted by Crippen LogP contribution is 2.14. The van der Waals surface area contributed by atoms with Gasteiger partial charge in [0.1, 0.15) is 5.75 Å². The summed E-state index contributed by atoms with van der Waals surface area (Å²) in [6.45, 7) is 3.89. The van der Waals surface area contributed by atoms with Crippen molar-refractivity contribution >= 4 is 11.6 Å². The van der Waals surface area contributed by atoms with E-state index >= 15 is 0 Å². The van der Waals surface area contributed by atoms with Crippen molar-refractivity contribution in [2.75, 3.05) is 45.6 Å². The number of nitrogens with two attached hydrogens (primary N) is 1. The lowest BCUT2D eigenvalue weighted by atomic mass is 10.3. The summed E-state index contributed by atoms with van der Waals surface area (Å²) in [4.78, 5) is 15.8. The van der Waals surface area contributed by atoms with Crippen LogP contribution in [-0.2, 0) is 4.79 Å². The molecular weight excluding hydrogens is 254 g/mol. The first-order valence-electron chi connectivity index (χ1n) is 7.10. The first-order valence-corrected chi connectivity index (χ1v) is 7.10. The fourth-order valence-electron chi connectivity index (χ4n) is 2.32. The Hall–Kier alpha value is -1.75. The average Bonchev–Trinajstić information content (AvgIpc) is 2.57. The van der Waals surface area contributed by atoms with E-state index in [1.165, 1.54) is 0 Å². The molecule has 1 saturated heterocycles. The van der Waals surface area contributed by atoms with E-state index in [0.29, 0.717) is 18.8 Å². The third-order valence-corrected chi connectivity index (χ3v) is 3.50. The second kappa shape index (κ2) is 7.14. The topological polar surface area (TPSA) is 58.8 Å². The first kappa shape index (κ1) is 14.7. The molecule has 1 heterocycles. The molecule has 0 spiro atoms. The Morgan fingerprint density at radius 3 is 3.00 bits per heavy atom. The minimum Gasteiger partial charge on any atom is -0.493 e. The monoisotopic (exact) mass is 277 g/mol. The number of likely N-dealkylation sites (N-methyl/N-ethyl adjacent to an activating group) is 1. The third kappa shape index (κ3) is 4.42. The summed E-state index contributed by atoms with van der Waals surface area (Å²) in [7, 11) is 1.87. The van der Waals surface area contributed by atoms with Crippen LogP contribution in [0.3, 0.4) is 0 Å². The molecule has 0 aliphatic carbocycles. The number of hydrogen-bond acceptors (Lipinski definition) is 4. The Labute approximate surface area is 120 Å². The fourth-order valence-corrected chi connectivity index (χ4v) is 2.32. The lowest BCUT2D eigenvalue weighted by Crippen LogP contribution is -2.35. The number of amides is 1. The molecule has 5 nitrogen and oxygen atoms in total. The van der Waals surface area contributed by atoms with Crippen molar-refractivity contribution < 1.29 is 9.53 Å². The number of carbonyl (C=O) groups is 1. The molecule has 1 aliphatic rings. The second-order valence-corrected chi connectivity index (χ2v) is 5.22. The average molecular weight is 277 g/mol. The van der Waals surface area contributed by atoms with Gasteiger partial charge in [-0.2, -0.15) is 0 Å². The normalized spacial score (nSPS) is 17.1. The van der Waals surface area contributed by atoms with Gasteiger partial charge in [0.05, 0.1) is 13.2 Å². The number of nitrogen functional groups attached to an aromatic ring is 1. The summed E-state index contributed by atoms with van der Waals surface area (Å²) in [5, 5.41) is 0. The summed E-state index contributed by atoms with van der Waals surface area (Å²) in [6.07, 6.45) is 1.95. The van der Waals surface area contributed by atoms with Crippen LogP contribution in [0.5, 0.6) is 5.75 Å². The molecule has 0 aromatic heterocycles. The van der Waals surface area contributed by atoms with Crippen molar-refractivity contribution in [3.8, 4) is 5.75 Å². The Morgan fingerprint density at radius 1 is 1.35 bits per heavy atom. The maximum Gasteiger partial charge on any atom is 0.236 e. The standard InChI is InChI=1S/C15H23N3O2/c1-17-7-3-8-18(12-15(17)19)9-4-10-20-14-6-2-5-13(16)11-14/h2,5-6,11H,3-4,7-10,12,16H2,1H3. The zero-order valence-corrected chi connectivity index (χ0v) is 12.0. The van der Waals surface area contributed by atoms with Gasteiger partial charge in [-0.3, -0.25) is 9.69 Å². The molecule has 1 amide bonds. The van der Waals surface area contributed by atoms with Crippen molar-refractivity contribution in [1.29, 1.82) is 0 Å². The number of anilines is 1. The molecule has 1 aromatic rings. The SMILES string of the molecule is CN1CCCN(CCCOc2cccc(N)c2)CC1=O. The van der Waals surface area contributed by atoms with Crippen LogP contribution < -0.4 is 10.5 Å². The summed E-state index contributed by atoms with van der Waals surface area (Å²) < 4.78 is 5.66. The van der Waals surface area contributed by atoms with Crippen LogP contribution in [0, 0.1) is 0 Å². The van der Waals surface area contributed by atoms with Crippen LogP contribution in [0.2, 0.25) is 0 Å². The molecule has 0 unspecified atom stereocenters. The molecule has 20 heavy (non-hydrogen) atoms. The molecule has 110 valence electrons. The molecule has 0 radical (unpaired) electrons. The molecule has 1 fully saturated rings. The molecule has 0 atom stereocenters. The van der Waals surface area contributed by atoms with E-state index in [1.807, 2.05) is 36.2 Å². The second-order valence-electron chi connectivity index (χ2n) is 5.22. The highest BCUT2D eigenvalue weighted by atomic mass is 16.5. The smallest absolute Gasteiger partial charge is 0.236 e. The maximum atomic E-state index is 11.8. The molecule has 5 heteroatoms. The van der Waals surface area contributed by atoms with Crippen molar-refractivity contribution in [2.45, 2.75) is 12.8 Å². The quantitative estimate of drug-likeness (QED) is 0.649. The van der Waals surface area contributed by atoms with Gasteiger partial charge in [-0.25, -0.2) is 0 Å². The molecule has 2 rings (SSSR count). The van der Waals surface area contributed by atoms with Crippen LogP contribution >= 0.6 is 0 Å². The van der Waals surface area contributed by atoms with Crippen LogP contribution in [0.1, 0.15) is 12.8 Å². The van der Waals surface area contributed by atoms with E-state index in [9.17, 15) is 4.79 Å². The van der Waals surface area contributed by atoms with Crippen molar-refractivity contribution in [2.24, 2.45) is 0 Å². The molecule has 0 saturated carbocycles. The van der Waals surface area contributed by atoms with Gasteiger partial charge in [-0.1, -0.05) is 6.07 Å². The van der Waals surface area contributed by atoms with Gasteiger partial charge in [0.25, 0.3) is 0 Å². The lowest BCUT2D eigenvalue weighted by Gasteiger charge is -2.19. The minimum atomic E-state index is 0.208. The summed E-state index contributed by atoms with van der Waals surface area (Å²) in [6, 6.07) is 7.45. The Balaban J connectivity index is 1.69. The van der Waals surface area contributed by atoms with Gasteiger partial charge in [0.15, 0.2) is 0 Å². The number of carbonyl (C=O) groups excluding carboxylic acids is 1. The van der Waals surface area contributed by atoms with E-state index in [-0.39, 0.29) is 5.91 Å². The van der Waals surface area contributed by atoms with Gasteiger partial charge in [-0.05, 0) is 25.0 Å². The van der Waals surface area contributed by atoms with Gasteiger partial charge in [-0.15, -0.1) is 0 Å². The lowest BCUT2D eigenvalue weighted by molar-refractivity contribution is -0.129. The summed E-state index contributed by atoms with van der Waals surface area (Å²) >= 11 is 0. The van der Waals surface area contributed by atoms with Crippen LogP contribution in [0.15, 0.2) is 24.3 Å². The number of benzene rings is 1. The van der Waals surface area contributed by atoms with E-state index in [0.717, 1.165) is 38.2 Å². The molecule has 1 aromatic carbocycles. The van der Waals surface area contributed by atoms with Crippen molar-refractivity contribution in [3.63, 3.8) is 0 Å². The van der Waals surface area contributed by atoms with Crippen molar-refractivity contribution in [1.82, 2.24) is 9.80 Å². The number of ether oxygens (including phenoxy) is 1. The summed E-state index contributed by atoms with van der Waals surface area (Å²) in [5.41, 5.74) is 6.41. The van der Waals surface area contributed by atoms with E-state index in [2.05, 4.69) is 4.90 Å². The Kier molecular flexibility index (Phi) is 5.24. The molecule has 1 aliphatic heterocycles. The Bertz CT molecular complexity index is 450. The van der Waals surface area contributed by atoms with Crippen LogP contribution in [0.4, 0.5) is 5.69 Å². The highest BCUT2D eigenvalue weighted by Gasteiger charge is 2.18. The van der Waals surface area contributed by atoms with Gasteiger partial charge in [0.2, 0.25) is 5.91 Å².